The number of benzene rings is 3. The van der Waals surface area contributed by atoms with Gasteiger partial charge >= 0.3 is 0 Å². The van der Waals surface area contributed by atoms with E-state index in [2.05, 4.69) is 38.7 Å². The first-order valence-corrected chi connectivity index (χ1v) is 11.2. The van der Waals surface area contributed by atoms with Crippen LogP contribution in [0.1, 0.15) is 35.9 Å². The van der Waals surface area contributed by atoms with Gasteiger partial charge < -0.3 is 10.6 Å². The van der Waals surface area contributed by atoms with Gasteiger partial charge in [0, 0.05) is 27.2 Å². The van der Waals surface area contributed by atoms with Gasteiger partial charge in [0.25, 0.3) is 0 Å². The number of carbonyl (C=O) groups excluding carboxylic acids is 1. The largest absolute Gasteiger partial charge is 0.372 e. The lowest BCUT2D eigenvalue weighted by atomic mass is 9.78. The molecule has 1 aliphatic heterocycles. The Bertz CT molecular complexity index is 1160. The smallest absolute Gasteiger partial charge is 0.163 e. The number of halogens is 2. The van der Waals surface area contributed by atoms with E-state index in [1.807, 2.05) is 60.7 Å². The Morgan fingerprint density at radius 3 is 2.40 bits per heavy atom. The van der Waals surface area contributed by atoms with Gasteiger partial charge in [0.1, 0.15) is 0 Å². The van der Waals surface area contributed by atoms with Gasteiger partial charge in [-0.3, -0.25) is 4.79 Å². The molecule has 2 aliphatic rings. The van der Waals surface area contributed by atoms with Crippen LogP contribution < -0.4 is 10.6 Å². The molecule has 3 nitrogen and oxygen atoms in total. The maximum absolute atomic E-state index is 13.5. The summed E-state index contributed by atoms with van der Waals surface area (Å²) in [4.78, 5) is 13.5. The van der Waals surface area contributed by atoms with Crippen LogP contribution in [0.3, 0.4) is 0 Å². The molecule has 5 heteroatoms. The number of ketones is 1. The van der Waals surface area contributed by atoms with Crippen LogP contribution in [0, 0.1) is 0 Å². The molecule has 0 spiro atoms. The fourth-order valence-corrected chi connectivity index (χ4v) is 4.94. The molecule has 0 amide bonds. The summed E-state index contributed by atoms with van der Waals surface area (Å²) >= 11 is 9.64. The molecule has 1 heterocycles. The lowest BCUT2D eigenvalue weighted by Gasteiger charge is -2.30. The maximum atomic E-state index is 13.5. The Kier molecular flexibility index (Phi) is 5.13. The second-order valence-electron chi connectivity index (χ2n) is 7.78. The third-order valence-electron chi connectivity index (χ3n) is 5.83. The van der Waals surface area contributed by atoms with Crippen LogP contribution in [0.4, 0.5) is 11.4 Å². The summed E-state index contributed by atoms with van der Waals surface area (Å²) in [6.07, 6.45) is 1.27. The average Bonchev–Trinajstić information content (AvgIpc) is 2.91. The molecule has 0 bridgehead atoms. The van der Waals surface area contributed by atoms with Crippen molar-refractivity contribution in [2.45, 2.75) is 24.8 Å². The predicted octanol–water partition coefficient (Wildman–Crippen LogP) is 7.08. The highest BCUT2D eigenvalue weighted by Crippen LogP contribution is 2.44. The molecular weight excluding hydrogens is 460 g/mol. The monoisotopic (exact) mass is 478 g/mol. The van der Waals surface area contributed by atoms with Crippen molar-refractivity contribution in [3.63, 3.8) is 0 Å². The number of allylic oxidation sites excluding steroid dienone is 1. The van der Waals surface area contributed by atoms with Crippen molar-refractivity contribution in [3.8, 4) is 0 Å². The maximum Gasteiger partial charge on any atom is 0.163 e. The number of para-hydroxylation sites is 2. The van der Waals surface area contributed by atoms with Crippen molar-refractivity contribution < 1.29 is 4.79 Å². The van der Waals surface area contributed by atoms with Crippen molar-refractivity contribution in [2.75, 3.05) is 10.6 Å². The zero-order valence-corrected chi connectivity index (χ0v) is 18.5. The predicted molar refractivity (Wildman–Crippen MR) is 126 cm³/mol. The zero-order valence-electron chi connectivity index (χ0n) is 16.2. The molecule has 2 atom stereocenters. The van der Waals surface area contributed by atoms with Crippen molar-refractivity contribution in [1.82, 2.24) is 0 Å². The number of hydrogen-bond donors (Lipinski definition) is 2. The number of rotatable bonds is 2. The number of anilines is 2. The Morgan fingerprint density at radius 1 is 0.867 bits per heavy atom. The number of Topliss-reactive ketones (excluding diaryl/α,β-unsaturated/α-hetero) is 1. The fraction of sp³-hybridized carbons (Fsp3) is 0.160. The second kappa shape index (κ2) is 7.93. The van der Waals surface area contributed by atoms with Crippen LogP contribution in [0.25, 0.3) is 0 Å². The summed E-state index contributed by atoms with van der Waals surface area (Å²) in [6.45, 7) is 0. The van der Waals surface area contributed by atoms with Crippen LogP contribution in [-0.2, 0) is 4.79 Å². The third kappa shape index (κ3) is 3.66. The zero-order chi connectivity index (χ0) is 20.7. The molecule has 30 heavy (non-hydrogen) atoms. The minimum absolute atomic E-state index is 0.134. The Balaban J connectivity index is 1.61. The van der Waals surface area contributed by atoms with Crippen molar-refractivity contribution in [3.05, 3.63) is 105 Å². The quantitative estimate of drug-likeness (QED) is 0.412. The third-order valence-corrected chi connectivity index (χ3v) is 6.58. The molecule has 0 unspecified atom stereocenters. The van der Waals surface area contributed by atoms with Gasteiger partial charge in [-0.15, -0.1) is 0 Å². The van der Waals surface area contributed by atoms with Gasteiger partial charge in [-0.1, -0.05) is 63.9 Å². The Hall–Kier alpha value is -2.56. The summed E-state index contributed by atoms with van der Waals surface area (Å²) < 4.78 is 0.997. The van der Waals surface area contributed by atoms with Crippen molar-refractivity contribution in [1.29, 1.82) is 0 Å². The van der Waals surface area contributed by atoms with Gasteiger partial charge in [-0.25, -0.2) is 0 Å². The molecule has 0 aromatic heterocycles. The van der Waals surface area contributed by atoms with Crippen molar-refractivity contribution in [2.24, 2.45) is 0 Å². The first kappa shape index (κ1) is 19.4. The summed E-state index contributed by atoms with van der Waals surface area (Å²) in [5.41, 5.74) is 6.02. The minimum Gasteiger partial charge on any atom is -0.372 e. The molecule has 5 rings (SSSR count). The van der Waals surface area contributed by atoms with Gasteiger partial charge in [0.2, 0.25) is 0 Å². The number of nitrogens with one attached hydrogen (secondary N) is 2. The van der Waals surface area contributed by atoms with E-state index in [-0.39, 0.29) is 17.7 Å². The molecule has 0 saturated heterocycles. The van der Waals surface area contributed by atoms with Gasteiger partial charge in [0.05, 0.1) is 17.4 Å². The first-order chi connectivity index (χ1) is 14.6. The number of carbonyl (C=O) groups is 1. The van der Waals surface area contributed by atoms with E-state index >= 15 is 0 Å². The highest BCUT2D eigenvalue weighted by molar-refractivity contribution is 9.10. The van der Waals surface area contributed by atoms with Gasteiger partial charge in [-0.05, 0) is 59.9 Å². The van der Waals surface area contributed by atoms with Gasteiger partial charge in [0.15, 0.2) is 5.78 Å². The van der Waals surface area contributed by atoms with Crippen LogP contribution in [0.2, 0.25) is 5.02 Å². The van der Waals surface area contributed by atoms with E-state index in [0.29, 0.717) is 11.4 Å². The van der Waals surface area contributed by atoms with Crippen LogP contribution in [0.15, 0.2) is 88.5 Å². The van der Waals surface area contributed by atoms with E-state index in [1.165, 1.54) is 0 Å². The molecule has 3 aromatic carbocycles. The van der Waals surface area contributed by atoms with E-state index in [4.69, 9.17) is 11.6 Å². The number of fused-ring (bicyclic) bond motifs is 1. The lowest BCUT2D eigenvalue weighted by molar-refractivity contribution is -0.116. The summed E-state index contributed by atoms with van der Waals surface area (Å²) in [5.74, 6) is 0.309. The first-order valence-electron chi connectivity index (χ1n) is 9.98. The summed E-state index contributed by atoms with van der Waals surface area (Å²) in [6, 6.07) is 23.9. The minimum atomic E-state index is -0.202. The van der Waals surface area contributed by atoms with Gasteiger partial charge in [-0.2, -0.15) is 0 Å². The molecule has 1 aliphatic carbocycles. The van der Waals surface area contributed by atoms with Crippen LogP contribution in [0.5, 0.6) is 0 Å². The highest BCUT2D eigenvalue weighted by Gasteiger charge is 2.36. The molecule has 0 fully saturated rings. The van der Waals surface area contributed by atoms with E-state index in [1.54, 1.807) is 0 Å². The van der Waals surface area contributed by atoms with E-state index in [9.17, 15) is 4.79 Å². The Morgan fingerprint density at radius 2 is 1.63 bits per heavy atom. The molecule has 150 valence electrons. The number of hydrogen-bond acceptors (Lipinski definition) is 3. The summed E-state index contributed by atoms with van der Waals surface area (Å²) in [7, 11) is 0. The molecule has 2 N–H and O–H groups in total. The van der Waals surface area contributed by atoms with E-state index in [0.717, 1.165) is 44.7 Å². The topological polar surface area (TPSA) is 41.1 Å². The molecule has 0 saturated carbocycles. The summed E-state index contributed by atoms with van der Waals surface area (Å²) in [5, 5.41) is 7.90. The average molecular weight is 480 g/mol. The SMILES string of the molecule is O=C1C[C@@H](c2ccc(Cl)cc2)CC2=C1[C@H](c1cccc(Br)c1)Nc1ccccc1N2. The Labute approximate surface area is 189 Å². The molecule has 3 aromatic rings. The van der Waals surface area contributed by atoms with Crippen LogP contribution in [-0.4, -0.2) is 5.78 Å². The van der Waals surface area contributed by atoms with Crippen molar-refractivity contribution >= 4 is 44.7 Å². The highest BCUT2D eigenvalue weighted by atomic mass is 79.9. The standard InChI is InChI=1S/C25H20BrClN2O/c26-18-5-3-4-16(12-18)25-24-22(28-20-6-1-2-7-21(20)29-25)13-17(14-23(24)30)15-8-10-19(27)11-9-15/h1-12,17,25,28-29H,13-14H2/t17-,25-/m0/s1. The van der Waals surface area contributed by atoms with E-state index < -0.39 is 0 Å². The lowest BCUT2D eigenvalue weighted by Crippen LogP contribution is -2.26. The normalized spacial score (nSPS) is 20.5. The van der Waals surface area contributed by atoms with Crippen LogP contribution >= 0.6 is 27.5 Å². The molecule has 0 radical (unpaired) electrons. The fourth-order valence-electron chi connectivity index (χ4n) is 4.40. The second-order valence-corrected chi connectivity index (χ2v) is 9.13. The molecular formula is C25H20BrClN2O.